The molecule has 2 atom stereocenters. The monoisotopic (exact) mass is 450 g/mol. The summed E-state index contributed by atoms with van der Waals surface area (Å²) < 4.78 is 5.56. The molecule has 6 nitrogen and oxygen atoms in total. The van der Waals surface area contributed by atoms with Crippen LogP contribution in [0.15, 0.2) is 36.5 Å². The molecule has 2 unspecified atom stereocenters. The molecule has 1 aliphatic carbocycles. The zero-order chi connectivity index (χ0) is 22.9. The smallest absolute Gasteiger partial charge is 0.229 e. The highest BCUT2D eigenvalue weighted by molar-refractivity contribution is 5.81. The summed E-state index contributed by atoms with van der Waals surface area (Å²) in [7, 11) is 0. The molecule has 1 aromatic carbocycles. The Kier molecular flexibility index (Phi) is 8.70. The van der Waals surface area contributed by atoms with E-state index >= 15 is 0 Å². The van der Waals surface area contributed by atoms with Gasteiger partial charge in [-0.1, -0.05) is 31.4 Å². The summed E-state index contributed by atoms with van der Waals surface area (Å²) in [6.45, 7) is 1.85. The van der Waals surface area contributed by atoms with Gasteiger partial charge in [0.05, 0.1) is 0 Å². The number of hydrogen-bond donors (Lipinski definition) is 2. The molecule has 0 radical (unpaired) electrons. The van der Waals surface area contributed by atoms with Crippen molar-refractivity contribution in [3.63, 3.8) is 0 Å². The van der Waals surface area contributed by atoms with Crippen LogP contribution in [0.1, 0.15) is 69.8 Å². The van der Waals surface area contributed by atoms with Gasteiger partial charge in [0, 0.05) is 37.4 Å². The second-order valence-corrected chi connectivity index (χ2v) is 9.72. The number of anilines is 3. The molecule has 3 N–H and O–H groups in total. The third-order valence-corrected chi connectivity index (χ3v) is 7.40. The van der Waals surface area contributed by atoms with Crippen LogP contribution in [0.4, 0.5) is 17.5 Å². The number of Topliss-reactive ketones (excluding diaryl/α,β-unsaturated/α-hetero) is 1. The van der Waals surface area contributed by atoms with Gasteiger partial charge in [0.15, 0.2) is 0 Å². The van der Waals surface area contributed by atoms with Crippen LogP contribution in [-0.4, -0.2) is 29.0 Å². The van der Waals surface area contributed by atoms with Crippen LogP contribution in [0.3, 0.4) is 0 Å². The molecule has 0 amide bonds. The second kappa shape index (κ2) is 12.1. The molecule has 0 spiro atoms. The van der Waals surface area contributed by atoms with Gasteiger partial charge in [-0.15, -0.1) is 0 Å². The number of carbonyl (C=O) groups excluding carboxylic acids is 1. The largest absolute Gasteiger partial charge is 0.384 e. The molecule has 1 aliphatic heterocycles. The molecular weight excluding hydrogens is 412 g/mol. The lowest BCUT2D eigenvalue weighted by atomic mass is 9.75. The maximum atomic E-state index is 13.0. The predicted octanol–water partition coefficient (Wildman–Crippen LogP) is 5.71. The molecule has 6 heteroatoms. The highest BCUT2D eigenvalue weighted by Crippen LogP contribution is 2.36. The Bertz CT molecular complexity index is 897. The van der Waals surface area contributed by atoms with Crippen LogP contribution in [0.5, 0.6) is 0 Å². The van der Waals surface area contributed by atoms with E-state index in [0.29, 0.717) is 24.0 Å². The summed E-state index contributed by atoms with van der Waals surface area (Å²) in [5.74, 6) is 3.28. The van der Waals surface area contributed by atoms with E-state index in [1.165, 1.54) is 44.1 Å². The van der Waals surface area contributed by atoms with Crippen molar-refractivity contribution < 1.29 is 9.53 Å². The zero-order valence-electron chi connectivity index (χ0n) is 19.7. The van der Waals surface area contributed by atoms with Gasteiger partial charge in [0.25, 0.3) is 0 Å². The standard InChI is InChI=1S/C27H38N4O2/c28-26-13-16-29-27(31-26)30-24-9-3-5-20(19-24)6-4-10-25(32)23-8-2-1-7-21(11-12-23)22-14-17-33-18-15-22/h3,5,9,13,16,19,21-23H,1-2,4,6-8,10-12,14-15,17-18H2,(H3,28,29,30,31). The van der Waals surface area contributed by atoms with Gasteiger partial charge in [0.2, 0.25) is 5.95 Å². The van der Waals surface area contributed by atoms with Gasteiger partial charge in [-0.05, 0) is 80.5 Å². The molecule has 1 saturated carbocycles. The molecule has 0 bridgehead atoms. The van der Waals surface area contributed by atoms with Crippen molar-refractivity contribution in [2.45, 2.75) is 70.6 Å². The first kappa shape index (κ1) is 23.7. The number of aromatic nitrogens is 2. The van der Waals surface area contributed by atoms with E-state index in [9.17, 15) is 4.79 Å². The van der Waals surface area contributed by atoms with Crippen molar-refractivity contribution in [1.29, 1.82) is 0 Å². The van der Waals surface area contributed by atoms with Crippen molar-refractivity contribution in [3.05, 3.63) is 42.1 Å². The maximum Gasteiger partial charge on any atom is 0.229 e. The van der Waals surface area contributed by atoms with Gasteiger partial charge in [0.1, 0.15) is 11.6 Å². The molecule has 2 heterocycles. The molecule has 2 fully saturated rings. The lowest BCUT2D eigenvalue weighted by Crippen LogP contribution is -2.26. The fourth-order valence-corrected chi connectivity index (χ4v) is 5.52. The number of hydrogen-bond acceptors (Lipinski definition) is 6. The van der Waals surface area contributed by atoms with Gasteiger partial charge in [-0.3, -0.25) is 4.79 Å². The average Bonchev–Trinajstić information content (AvgIpc) is 2.80. The number of nitrogens with one attached hydrogen (secondary N) is 1. The summed E-state index contributed by atoms with van der Waals surface area (Å²) in [5, 5.41) is 3.20. The number of ether oxygens (including phenoxy) is 1. The SMILES string of the molecule is Nc1ccnc(Nc2cccc(CCCC(=O)C3CCCCC(C4CCOCC4)CC3)c2)n1. The van der Waals surface area contributed by atoms with Crippen molar-refractivity contribution in [2.75, 3.05) is 24.3 Å². The lowest BCUT2D eigenvalue weighted by Gasteiger charge is -2.33. The fraction of sp³-hybridized carbons (Fsp3) is 0.593. The molecule has 1 aromatic heterocycles. The summed E-state index contributed by atoms with van der Waals surface area (Å²) >= 11 is 0. The Labute approximate surface area is 197 Å². The summed E-state index contributed by atoms with van der Waals surface area (Å²) in [6.07, 6.45) is 13.8. The van der Waals surface area contributed by atoms with Gasteiger partial charge >= 0.3 is 0 Å². The number of ketones is 1. The van der Waals surface area contributed by atoms with Crippen LogP contribution in [0, 0.1) is 17.8 Å². The van der Waals surface area contributed by atoms with E-state index in [2.05, 4.69) is 27.4 Å². The van der Waals surface area contributed by atoms with E-state index < -0.39 is 0 Å². The van der Waals surface area contributed by atoms with E-state index in [1.54, 1.807) is 12.3 Å². The molecule has 1 saturated heterocycles. The van der Waals surface area contributed by atoms with Crippen molar-refractivity contribution in [1.82, 2.24) is 9.97 Å². The van der Waals surface area contributed by atoms with Gasteiger partial charge in [-0.25, -0.2) is 4.98 Å². The first-order chi connectivity index (χ1) is 16.2. The minimum absolute atomic E-state index is 0.265. The second-order valence-electron chi connectivity index (χ2n) is 9.72. The Balaban J connectivity index is 1.24. The number of aryl methyl sites for hydroxylation is 1. The van der Waals surface area contributed by atoms with Crippen molar-refractivity contribution >= 4 is 23.2 Å². The van der Waals surface area contributed by atoms with E-state index in [1.807, 2.05) is 12.1 Å². The molecule has 33 heavy (non-hydrogen) atoms. The molecule has 4 rings (SSSR count). The number of nitrogens with zero attached hydrogens (tertiary/aromatic N) is 2. The van der Waals surface area contributed by atoms with Crippen molar-refractivity contribution in [3.8, 4) is 0 Å². The number of carbonyl (C=O) groups is 1. The minimum atomic E-state index is 0.265. The predicted molar refractivity (Wildman–Crippen MR) is 132 cm³/mol. The Morgan fingerprint density at radius 1 is 1.03 bits per heavy atom. The van der Waals surface area contributed by atoms with Crippen LogP contribution in [0.2, 0.25) is 0 Å². The van der Waals surface area contributed by atoms with Crippen LogP contribution >= 0.6 is 0 Å². The molecule has 2 aliphatic rings. The number of nitrogen functional groups attached to an aromatic ring is 1. The third-order valence-electron chi connectivity index (χ3n) is 7.40. The minimum Gasteiger partial charge on any atom is -0.384 e. The number of benzene rings is 1. The van der Waals surface area contributed by atoms with E-state index in [0.717, 1.165) is 56.4 Å². The number of rotatable bonds is 8. The lowest BCUT2D eigenvalue weighted by molar-refractivity contribution is -0.123. The normalized spacial score (nSPS) is 22.3. The Hall–Kier alpha value is -2.47. The highest BCUT2D eigenvalue weighted by Gasteiger charge is 2.28. The Morgan fingerprint density at radius 2 is 1.85 bits per heavy atom. The fourth-order valence-electron chi connectivity index (χ4n) is 5.52. The van der Waals surface area contributed by atoms with Crippen LogP contribution in [0.25, 0.3) is 0 Å². The average molecular weight is 451 g/mol. The van der Waals surface area contributed by atoms with Gasteiger partial charge < -0.3 is 15.8 Å². The zero-order valence-corrected chi connectivity index (χ0v) is 19.7. The van der Waals surface area contributed by atoms with Gasteiger partial charge in [-0.2, -0.15) is 4.98 Å². The van der Waals surface area contributed by atoms with E-state index in [4.69, 9.17) is 10.5 Å². The van der Waals surface area contributed by atoms with Crippen LogP contribution < -0.4 is 11.1 Å². The summed E-state index contributed by atoms with van der Waals surface area (Å²) in [4.78, 5) is 21.4. The first-order valence-electron chi connectivity index (χ1n) is 12.7. The first-order valence-corrected chi connectivity index (χ1v) is 12.7. The Morgan fingerprint density at radius 3 is 2.70 bits per heavy atom. The number of nitrogens with two attached hydrogens (primary N) is 1. The molecule has 2 aromatic rings. The highest BCUT2D eigenvalue weighted by atomic mass is 16.5. The van der Waals surface area contributed by atoms with Crippen LogP contribution in [-0.2, 0) is 16.0 Å². The maximum absolute atomic E-state index is 13.0. The van der Waals surface area contributed by atoms with Crippen molar-refractivity contribution in [2.24, 2.45) is 17.8 Å². The molecule has 178 valence electrons. The quantitative estimate of drug-likeness (QED) is 0.535. The topological polar surface area (TPSA) is 90.1 Å². The van der Waals surface area contributed by atoms with E-state index in [-0.39, 0.29) is 5.92 Å². The molecular formula is C27H38N4O2. The third kappa shape index (κ3) is 7.26. The summed E-state index contributed by atoms with van der Waals surface area (Å²) in [6, 6.07) is 9.90. The summed E-state index contributed by atoms with van der Waals surface area (Å²) in [5.41, 5.74) is 7.88.